The lowest BCUT2D eigenvalue weighted by Gasteiger charge is -1.98. The van der Waals surface area contributed by atoms with Crippen molar-refractivity contribution in [2.75, 3.05) is 5.75 Å². The number of ketones is 1. The predicted octanol–water partition coefficient (Wildman–Crippen LogP) is 4.29. The van der Waals surface area contributed by atoms with E-state index in [9.17, 15) is 4.79 Å². The summed E-state index contributed by atoms with van der Waals surface area (Å²) in [5.74, 6) is 0.848. The van der Waals surface area contributed by atoms with Gasteiger partial charge in [0.15, 0.2) is 11.6 Å². The van der Waals surface area contributed by atoms with Gasteiger partial charge in [-0.1, -0.05) is 58.9 Å². The molecule has 0 atom stereocenters. The van der Waals surface area contributed by atoms with Gasteiger partial charge in [0.1, 0.15) is 0 Å². The third kappa shape index (κ3) is 4.43. The second-order valence-corrected chi connectivity index (χ2v) is 6.22. The van der Waals surface area contributed by atoms with E-state index in [0.29, 0.717) is 28.1 Å². The van der Waals surface area contributed by atoms with Crippen LogP contribution in [0.1, 0.15) is 21.7 Å². The van der Waals surface area contributed by atoms with Gasteiger partial charge in [-0.2, -0.15) is 4.98 Å². The Morgan fingerprint density at radius 3 is 2.57 bits per heavy atom. The highest BCUT2D eigenvalue weighted by Gasteiger charge is 2.11. The molecule has 0 amide bonds. The molecule has 6 heteroatoms. The Hall–Kier alpha value is -2.11. The smallest absolute Gasteiger partial charge is 0.286 e. The minimum atomic E-state index is -0.00511. The van der Waals surface area contributed by atoms with Crippen molar-refractivity contribution in [3.63, 3.8) is 0 Å². The van der Waals surface area contributed by atoms with Gasteiger partial charge in [-0.3, -0.25) is 4.79 Å². The molecule has 3 aromatic rings. The lowest BCUT2D eigenvalue weighted by atomic mass is 10.1. The first-order chi connectivity index (χ1) is 11.2. The summed E-state index contributed by atoms with van der Waals surface area (Å²) in [6.45, 7) is 0. The number of carbonyl (C=O) groups excluding carboxylic acids is 1. The van der Waals surface area contributed by atoms with Crippen molar-refractivity contribution in [2.45, 2.75) is 11.6 Å². The third-order valence-corrected chi connectivity index (χ3v) is 4.22. The fourth-order valence-corrected chi connectivity index (χ4v) is 2.80. The standard InChI is InChI=1S/C17H13ClN2O2S/c18-14-8-6-13(7-9-14)15(21)11-23-17-19-16(20-22-17)10-12-4-2-1-3-5-12/h1-9H,10-11H2. The second-order valence-electron chi connectivity index (χ2n) is 4.86. The number of nitrogens with zero attached hydrogens (tertiary/aromatic N) is 2. The van der Waals surface area contributed by atoms with Crippen LogP contribution >= 0.6 is 23.4 Å². The number of Topliss-reactive ketones (excluding diaryl/α,β-unsaturated/α-hetero) is 1. The van der Waals surface area contributed by atoms with Gasteiger partial charge in [-0.25, -0.2) is 0 Å². The summed E-state index contributed by atoms with van der Waals surface area (Å²) in [7, 11) is 0. The number of carbonyl (C=O) groups is 1. The van der Waals surface area contributed by atoms with Crippen molar-refractivity contribution in [3.05, 3.63) is 76.6 Å². The van der Waals surface area contributed by atoms with Gasteiger partial charge in [-0.05, 0) is 29.8 Å². The van der Waals surface area contributed by atoms with Crippen LogP contribution in [0.3, 0.4) is 0 Å². The van der Waals surface area contributed by atoms with Crippen molar-refractivity contribution < 1.29 is 9.32 Å². The van der Waals surface area contributed by atoms with Crippen LogP contribution in [0.2, 0.25) is 5.02 Å². The molecule has 0 aliphatic carbocycles. The van der Waals surface area contributed by atoms with Gasteiger partial charge in [0.2, 0.25) is 0 Å². The highest BCUT2D eigenvalue weighted by atomic mass is 35.5. The van der Waals surface area contributed by atoms with Gasteiger partial charge >= 0.3 is 0 Å². The van der Waals surface area contributed by atoms with Crippen LogP contribution in [0, 0.1) is 0 Å². The molecule has 0 saturated carbocycles. The van der Waals surface area contributed by atoms with Gasteiger partial charge in [0.25, 0.3) is 5.22 Å². The molecule has 116 valence electrons. The average molecular weight is 345 g/mol. The normalized spacial score (nSPS) is 10.7. The summed E-state index contributed by atoms with van der Waals surface area (Å²) in [5, 5.41) is 4.95. The Morgan fingerprint density at radius 2 is 1.83 bits per heavy atom. The summed E-state index contributed by atoms with van der Waals surface area (Å²) < 4.78 is 5.17. The maximum absolute atomic E-state index is 12.1. The molecule has 1 heterocycles. The van der Waals surface area contributed by atoms with Gasteiger partial charge in [0, 0.05) is 17.0 Å². The highest BCUT2D eigenvalue weighted by Crippen LogP contribution is 2.19. The predicted molar refractivity (Wildman–Crippen MR) is 90.1 cm³/mol. The lowest BCUT2D eigenvalue weighted by Crippen LogP contribution is -2.01. The largest absolute Gasteiger partial charge is 0.327 e. The zero-order valence-corrected chi connectivity index (χ0v) is 13.7. The van der Waals surface area contributed by atoms with E-state index >= 15 is 0 Å². The molecule has 3 rings (SSSR count). The number of halogens is 1. The van der Waals surface area contributed by atoms with Crippen molar-refractivity contribution in [1.29, 1.82) is 0 Å². The van der Waals surface area contributed by atoms with E-state index in [2.05, 4.69) is 10.1 Å². The Balaban J connectivity index is 1.57. The van der Waals surface area contributed by atoms with Crippen LogP contribution in [0.5, 0.6) is 0 Å². The first kappa shape index (κ1) is 15.8. The van der Waals surface area contributed by atoms with Crippen LogP contribution in [0.25, 0.3) is 0 Å². The molecule has 0 aliphatic heterocycles. The van der Waals surface area contributed by atoms with E-state index in [1.165, 1.54) is 11.8 Å². The Kier molecular flexibility index (Phi) is 5.10. The summed E-state index contributed by atoms with van der Waals surface area (Å²) in [6, 6.07) is 16.7. The first-order valence-corrected chi connectivity index (χ1v) is 8.35. The molecule has 23 heavy (non-hydrogen) atoms. The molecule has 0 spiro atoms. The summed E-state index contributed by atoms with van der Waals surface area (Å²) in [4.78, 5) is 16.4. The third-order valence-electron chi connectivity index (χ3n) is 3.15. The fraction of sp³-hybridized carbons (Fsp3) is 0.118. The van der Waals surface area contributed by atoms with Crippen molar-refractivity contribution in [2.24, 2.45) is 0 Å². The van der Waals surface area contributed by atoms with E-state index < -0.39 is 0 Å². The minimum Gasteiger partial charge on any atom is -0.327 e. The molecule has 0 aliphatic rings. The first-order valence-electron chi connectivity index (χ1n) is 6.99. The zero-order valence-electron chi connectivity index (χ0n) is 12.1. The van der Waals surface area contributed by atoms with E-state index in [4.69, 9.17) is 16.1 Å². The average Bonchev–Trinajstić information content (AvgIpc) is 3.02. The molecule has 0 fully saturated rings. The topological polar surface area (TPSA) is 56.0 Å². The number of thioether (sulfide) groups is 1. The number of benzene rings is 2. The lowest BCUT2D eigenvalue weighted by molar-refractivity contribution is 0.102. The van der Waals surface area contributed by atoms with E-state index in [1.54, 1.807) is 24.3 Å². The van der Waals surface area contributed by atoms with Crippen molar-refractivity contribution in [3.8, 4) is 0 Å². The van der Waals surface area contributed by atoms with E-state index in [-0.39, 0.29) is 11.5 Å². The summed E-state index contributed by atoms with van der Waals surface area (Å²) in [5.41, 5.74) is 1.73. The Labute approximate surface area is 142 Å². The highest BCUT2D eigenvalue weighted by molar-refractivity contribution is 7.99. The number of rotatable bonds is 6. The van der Waals surface area contributed by atoms with Gasteiger partial charge in [-0.15, -0.1) is 0 Å². The van der Waals surface area contributed by atoms with Crippen LogP contribution in [-0.4, -0.2) is 21.7 Å². The molecule has 0 bridgehead atoms. The van der Waals surface area contributed by atoms with Crippen LogP contribution in [-0.2, 0) is 6.42 Å². The van der Waals surface area contributed by atoms with E-state index in [1.807, 2.05) is 30.3 Å². The molecular weight excluding hydrogens is 332 g/mol. The fourth-order valence-electron chi connectivity index (χ4n) is 1.99. The summed E-state index contributed by atoms with van der Waals surface area (Å²) in [6.07, 6.45) is 0.607. The van der Waals surface area contributed by atoms with Gasteiger partial charge in [0.05, 0.1) is 5.75 Å². The molecular formula is C17H13ClN2O2S. The SMILES string of the molecule is O=C(CSc1nc(Cc2ccccc2)no1)c1ccc(Cl)cc1. The second kappa shape index (κ2) is 7.44. The molecule has 4 nitrogen and oxygen atoms in total. The number of aromatic nitrogens is 2. The molecule has 0 N–H and O–H groups in total. The molecule has 0 saturated heterocycles. The van der Waals surface area contributed by atoms with Crippen molar-refractivity contribution >= 4 is 29.1 Å². The molecule has 2 aromatic carbocycles. The van der Waals surface area contributed by atoms with E-state index in [0.717, 1.165) is 5.56 Å². The van der Waals surface area contributed by atoms with Crippen LogP contribution in [0.15, 0.2) is 64.3 Å². The molecule has 1 aromatic heterocycles. The maximum Gasteiger partial charge on any atom is 0.286 e. The monoisotopic (exact) mass is 344 g/mol. The Morgan fingerprint density at radius 1 is 1.09 bits per heavy atom. The number of hydrogen-bond donors (Lipinski definition) is 0. The van der Waals surface area contributed by atoms with Crippen molar-refractivity contribution in [1.82, 2.24) is 10.1 Å². The zero-order chi connectivity index (χ0) is 16.1. The van der Waals surface area contributed by atoms with Gasteiger partial charge < -0.3 is 4.52 Å². The molecule has 0 unspecified atom stereocenters. The number of hydrogen-bond acceptors (Lipinski definition) is 5. The van der Waals surface area contributed by atoms with Crippen LogP contribution < -0.4 is 0 Å². The summed E-state index contributed by atoms with van der Waals surface area (Å²) >= 11 is 7.04. The minimum absolute atomic E-state index is 0.00511. The quantitative estimate of drug-likeness (QED) is 0.493. The maximum atomic E-state index is 12.1. The molecule has 0 radical (unpaired) electrons. The Bertz CT molecular complexity index is 788. The van der Waals surface area contributed by atoms with Crippen LogP contribution in [0.4, 0.5) is 0 Å².